The van der Waals surface area contributed by atoms with E-state index in [4.69, 9.17) is 0 Å². The molecule has 0 radical (unpaired) electrons. The van der Waals surface area contributed by atoms with Crippen molar-refractivity contribution < 1.29 is 0 Å². The van der Waals surface area contributed by atoms with Crippen molar-refractivity contribution in [3.05, 3.63) is 42.4 Å². The summed E-state index contributed by atoms with van der Waals surface area (Å²) in [6.07, 6.45) is 6.00. The lowest BCUT2D eigenvalue weighted by molar-refractivity contribution is 0.313. The lowest BCUT2D eigenvalue weighted by Crippen LogP contribution is -2.41. The fourth-order valence-corrected chi connectivity index (χ4v) is 3.93. The Balaban J connectivity index is 1.29. The van der Waals surface area contributed by atoms with Crippen molar-refractivity contribution >= 4 is 5.96 Å². The number of hydrogen-bond acceptors (Lipinski definition) is 3. The van der Waals surface area contributed by atoms with Gasteiger partial charge in [-0.15, -0.1) is 0 Å². The Morgan fingerprint density at radius 2 is 2.11 bits per heavy atom. The molecule has 1 aliphatic heterocycles. The monoisotopic (exact) mass is 366 g/mol. The zero-order valence-corrected chi connectivity index (χ0v) is 16.4. The minimum atomic E-state index is 0.700. The molecule has 1 aliphatic carbocycles. The molecule has 2 aromatic rings. The predicted octanol–water partition coefficient (Wildman–Crippen LogP) is 2.57. The molecule has 0 bridgehead atoms. The van der Waals surface area contributed by atoms with Crippen LogP contribution in [0, 0.1) is 5.92 Å². The van der Waals surface area contributed by atoms with Crippen LogP contribution in [0.4, 0.5) is 0 Å². The highest BCUT2D eigenvalue weighted by molar-refractivity contribution is 5.79. The van der Waals surface area contributed by atoms with E-state index in [1.54, 1.807) is 0 Å². The zero-order valence-electron chi connectivity index (χ0n) is 16.4. The summed E-state index contributed by atoms with van der Waals surface area (Å²) < 4.78 is 0. The van der Waals surface area contributed by atoms with Crippen LogP contribution in [0.1, 0.15) is 25.1 Å². The van der Waals surface area contributed by atoms with Crippen LogP contribution < -0.4 is 5.32 Å². The molecule has 1 aromatic carbocycles. The van der Waals surface area contributed by atoms with Gasteiger partial charge in [-0.25, -0.2) is 4.98 Å². The second-order valence-electron chi connectivity index (χ2n) is 7.77. The second kappa shape index (κ2) is 8.13. The van der Waals surface area contributed by atoms with Gasteiger partial charge in [0, 0.05) is 33.2 Å². The number of nitrogens with zero attached hydrogens (tertiary/aromatic N) is 4. The molecule has 0 spiro atoms. The maximum Gasteiger partial charge on any atom is 0.193 e. The normalized spacial score (nSPS) is 20.8. The smallest absolute Gasteiger partial charge is 0.193 e. The van der Waals surface area contributed by atoms with Crippen molar-refractivity contribution in [2.45, 2.75) is 31.8 Å². The number of H-pyrrole nitrogens is 1. The van der Waals surface area contributed by atoms with E-state index in [0.29, 0.717) is 6.54 Å². The summed E-state index contributed by atoms with van der Waals surface area (Å²) in [6, 6.07) is 11.2. The van der Waals surface area contributed by atoms with Crippen LogP contribution in [0.2, 0.25) is 0 Å². The third kappa shape index (κ3) is 4.50. The molecule has 1 saturated heterocycles. The zero-order chi connectivity index (χ0) is 18.6. The Kier molecular flexibility index (Phi) is 5.43. The van der Waals surface area contributed by atoms with E-state index in [9.17, 15) is 0 Å². The van der Waals surface area contributed by atoms with Crippen molar-refractivity contribution in [1.82, 2.24) is 25.1 Å². The summed E-state index contributed by atoms with van der Waals surface area (Å²) in [5, 5.41) is 3.56. The molecule has 2 heterocycles. The standard InChI is InChI=1S/C21H30N6/c1-22-21(24-12-16-10-11-27(14-16)18-8-9-18)26(2)15-20-23-13-19(25-20)17-6-4-3-5-7-17/h3-7,13,16,18H,8-12,14-15H2,1-2H3,(H,22,24)(H,23,25). The number of hydrogen-bond donors (Lipinski definition) is 2. The molecule has 1 atom stereocenters. The van der Waals surface area contributed by atoms with E-state index < -0.39 is 0 Å². The predicted molar refractivity (Wildman–Crippen MR) is 110 cm³/mol. The van der Waals surface area contributed by atoms with Gasteiger partial charge in [0.05, 0.1) is 18.4 Å². The average molecular weight is 367 g/mol. The Morgan fingerprint density at radius 3 is 2.85 bits per heavy atom. The van der Waals surface area contributed by atoms with E-state index in [0.717, 1.165) is 41.5 Å². The lowest BCUT2D eigenvalue weighted by atomic mass is 10.1. The van der Waals surface area contributed by atoms with Crippen LogP contribution in [0.25, 0.3) is 11.3 Å². The Hall–Kier alpha value is -2.34. The number of rotatable bonds is 6. The number of aromatic nitrogens is 2. The van der Waals surface area contributed by atoms with E-state index in [-0.39, 0.29) is 0 Å². The quantitative estimate of drug-likeness (QED) is 0.609. The number of aliphatic imine (C=N–C) groups is 1. The first-order valence-corrected chi connectivity index (χ1v) is 9.98. The van der Waals surface area contributed by atoms with E-state index >= 15 is 0 Å². The molecule has 144 valence electrons. The number of likely N-dealkylation sites (tertiary alicyclic amines) is 1. The summed E-state index contributed by atoms with van der Waals surface area (Å²) in [6.45, 7) is 4.19. The minimum Gasteiger partial charge on any atom is -0.356 e. The number of guanidine groups is 1. The number of aromatic amines is 1. The molecule has 2 N–H and O–H groups in total. The first-order valence-electron chi connectivity index (χ1n) is 9.98. The van der Waals surface area contributed by atoms with Gasteiger partial charge < -0.3 is 20.1 Å². The summed E-state index contributed by atoms with van der Waals surface area (Å²) >= 11 is 0. The maximum atomic E-state index is 4.54. The molecule has 1 saturated carbocycles. The van der Waals surface area contributed by atoms with Crippen molar-refractivity contribution in [2.24, 2.45) is 10.9 Å². The van der Waals surface area contributed by atoms with Gasteiger partial charge in [-0.2, -0.15) is 0 Å². The molecule has 27 heavy (non-hydrogen) atoms. The molecule has 2 aliphatic rings. The molecular weight excluding hydrogens is 336 g/mol. The van der Waals surface area contributed by atoms with Crippen LogP contribution in [0.3, 0.4) is 0 Å². The molecule has 6 nitrogen and oxygen atoms in total. The van der Waals surface area contributed by atoms with Crippen LogP contribution in [-0.2, 0) is 6.54 Å². The van der Waals surface area contributed by atoms with E-state index in [2.05, 4.69) is 49.3 Å². The topological polar surface area (TPSA) is 59.6 Å². The van der Waals surface area contributed by atoms with Gasteiger partial charge >= 0.3 is 0 Å². The van der Waals surface area contributed by atoms with E-state index in [1.165, 1.54) is 32.4 Å². The highest BCUT2D eigenvalue weighted by Gasteiger charge is 2.34. The lowest BCUT2D eigenvalue weighted by Gasteiger charge is -2.23. The van der Waals surface area contributed by atoms with Crippen molar-refractivity contribution in [2.75, 3.05) is 33.7 Å². The summed E-state index contributed by atoms with van der Waals surface area (Å²) in [4.78, 5) is 17.2. The van der Waals surface area contributed by atoms with Crippen LogP contribution >= 0.6 is 0 Å². The molecule has 0 amide bonds. The molecule has 1 aromatic heterocycles. The van der Waals surface area contributed by atoms with Crippen LogP contribution in [0.5, 0.6) is 0 Å². The van der Waals surface area contributed by atoms with E-state index in [1.807, 2.05) is 31.4 Å². The molecule has 2 fully saturated rings. The first kappa shape index (κ1) is 18.0. The first-order chi connectivity index (χ1) is 13.2. The fourth-order valence-electron chi connectivity index (χ4n) is 3.93. The maximum absolute atomic E-state index is 4.54. The third-order valence-electron chi connectivity index (χ3n) is 5.60. The van der Waals surface area contributed by atoms with Gasteiger partial charge in [-0.05, 0) is 37.3 Å². The van der Waals surface area contributed by atoms with Crippen molar-refractivity contribution in [1.29, 1.82) is 0 Å². The Bertz CT molecular complexity index is 764. The summed E-state index contributed by atoms with van der Waals surface area (Å²) in [7, 11) is 3.91. The SMILES string of the molecule is CN=C(NCC1CCN(C2CC2)C1)N(C)Cc1ncc(-c2ccccc2)[nH]1. The minimum absolute atomic E-state index is 0.700. The fraction of sp³-hybridized carbons (Fsp3) is 0.524. The Labute approximate surface area is 161 Å². The van der Waals surface area contributed by atoms with Gasteiger partial charge in [-0.1, -0.05) is 30.3 Å². The number of imidazole rings is 1. The van der Waals surface area contributed by atoms with Gasteiger partial charge in [0.25, 0.3) is 0 Å². The summed E-state index contributed by atoms with van der Waals surface area (Å²) in [5.41, 5.74) is 2.20. The number of benzene rings is 1. The van der Waals surface area contributed by atoms with Gasteiger partial charge in [-0.3, -0.25) is 4.99 Å². The van der Waals surface area contributed by atoms with Crippen LogP contribution in [-0.4, -0.2) is 65.5 Å². The third-order valence-corrected chi connectivity index (χ3v) is 5.60. The Morgan fingerprint density at radius 1 is 1.30 bits per heavy atom. The largest absolute Gasteiger partial charge is 0.356 e. The second-order valence-corrected chi connectivity index (χ2v) is 7.77. The van der Waals surface area contributed by atoms with Gasteiger partial charge in [0.15, 0.2) is 5.96 Å². The van der Waals surface area contributed by atoms with Crippen LogP contribution in [0.15, 0.2) is 41.5 Å². The number of nitrogens with one attached hydrogen (secondary N) is 2. The van der Waals surface area contributed by atoms with Crippen molar-refractivity contribution in [3.63, 3.8) is 0 Å². The highest BCUT2D eigenvalue weighted by atomic mass is 15.3. The van der Waals surface area contributed by atoms with Gasteiger partial charge in [0.2, 0.25) is 0 Å². The molecule has 6 heteroatoms. The molecular formula is C21H30N6. The highest BCUT2D eigenvalue weighted by Crippen LogP contribution is 2.31. The molecule has 1 unspecified atom stereocenters. The van der Waals surface area contributed by atoms with Gasteiger partial charge in [0.1, 0.15) is 5.82 Å². The average Bonchev–Trinajstić information content (AvgIpc) is 3.25. The molecule has 4 rings (SSSR count). The van der Waals surface area contributed by atoms with Crippen molar-refractivity contribution in [3.8, 4) is 11.3 Å². The summed E-state index contributed by atoms with van der Waals surface area (Å²) in [5.74, 6) is 2.60.